The van der Waals surface area contributed by atoms with E-state index in [0.29, 0.717) is 22.9 Å². The maximum absolute atomic E-state index is 12.7. The van der Waals surface area contributed by atoms with Gasteiger partial charge in [-0.1, -0.05) is 24.8 Å². The lowest BCUT2D eigenvalue weighted by Gasteiger charge is -2.10. The maximum atomic E-state index is 12.7. The average Bonchev–Trinajstić information content (AvgIpc) is 3.37. The van der Waals surface area contributed by atoms with Crippen molar-refractivity contribution in [1.29, 1.82) is 0 Å². The van der Waals surface area contributed by atoms with Crippen molar-refractivity contribution in [3.63, 3.8) is 0 Å². The molecule has 0 aromatic carbocycles. The van der Waals surface area contributed by atoms with Gasteiger partial charge in [-0.25, -0.2) is 14.9 Å². The Hall–Kier alpha value is -2.17. The van der Waals surface area contributed by atoms with Gasteiger partial charge >= 0.3 is 5.69 Å². The predicted octanol–water partition coefficient (Wildman–Crippen LogP) is 3.86. The molecule has 10 heteroatoms. The highest BCUT2D eigenvalue weighted by atomic mass is 32.2. The fourth-order valence-corrected chi connectivity index (χ4v) is 5.51. The molecule has 27 heavy (non-hydrogen) atoms. The van der Waals surface area contributed by atoms with Gasteiger partial charge in [0.25, 0.3) is 5.56 Å². The molecule has 0 aliphatic carbocycles. The third-order valence-corrected chi connectivity index (χ3v) is 6.96. The van der Waals surface area contributed by atoms with E-state index in [1.54, 1.807) is 15.9 Å². The minimum absolute atomic E-state index is 0.139. The molecule has 4 aromatic heterocycles. The molecular formula is C17H17N5O2S3. The first kappa shape index (κ1) is 18.2. The van der Waals surface area contributed by atoms with Gasteiger partial charge in [0.1, 0.15) is 10.7 Å². The number of fused-ring (bicyclic) bond motifs is 1. The number of nitrogens with zero attached hydrogens (tertiary/aromatic N) is 3. The van der Waals surface area contributed by atoms with E-state index in [0.717, 1.165) is 21.7 Å². The molecule has 4 heterocycles. The normalized spacial score (nSPS) is 12.7. The first-order valence-electron chi connectivity index (χ1n) is 8.45. The molecule has 7 nitrogen and oxygen atoms in total. The van der Waals surface area contributed by atoms with Crippen LogP contribution in [0.25, 0.3) is 20.7 Å². The first-order chi connectivity index (χ1) is 13.1. The Labute approximate surface area is 166 Å². The molecule has 2 N–H and O–H groups in total. The molecule has 140 valence electrons. The SMILES string of the molecule is CCCn1c(SC(C)c2nc3scc(-c4cccs4)c3c(=O)[nH]2)n[nH]c1=O. The Morgan fingerprint density at radius 2 is 2.19 bits per heavy atom. The standard InChI is InChI=1S/C17H17N5O2S3/c1-3-6-22-16(24)20-21-17(22)27-9(2)13-18-14(23)12-10(8-26-15(12)19-13)11-5-4-7-25-11/h4-5,7-9H,3,6H2,1-2H3,(H,20,24)(H,18,19,23). The number of rotatable bonds is 6. The lowest BCUT2D eigenvalue weighted by Crippen LogP contribution is -2.17. The average molecular weight is 420 g/mol. The van der Waals surface area contributed by atoms with Crippen molar-refractivity contribution >= 4 is 44.7 Å². The van der Waals surface area contributed by atoms with E-state index in [4.69, 9.17) is 0 Å². The number of H-pyrrole nitrogens is 2. The van der Waals surface area contributed by atoms with Gasteiger partial charge in [-0.15, -0.1) is 27.8 Å². The van der Waals surface area contributed by atoms with Crippen LogP contribution in [-0.4, -0.2) is 24.7 Å². The van der Waals surface area contributed by atoms with Gasteiger partial charge in [0.15, 0.2) is 5.16 Å². The molecule has 0 spiro atoms. The van der Waals surface area contributed by atoms with Gasteiger partial charge in [-0.3, -0.25) is 9.36 Å². The van der Waals surface area contributed by atoms with E-state index in [1.807, 2.05) is 36.7 Å². The topological polar surface area (TPSA) is 96.4 Å². The van der Waals surface area contributed by atoms with Crippen LogP contribution in [0.2, 0.25) is 0 Å². The van der Waals surface area contributed by atoms with Gasteiger partial charge in [0.2, 0.25) is 0 Å². The minimum atomic E-state index is -0.220. The van der Waals surface area contributed by atoms with Gasteiger partial charge in [0, 0.05) is 22.4 Å². The Morgan fingerprint density at radius 1 is 1.33 bits per heavy atom. The predicted molar refractivity (Wildman–Crippen MR) is 111 cm³/mol. The molecule has 4 rings (SSSR count). The summed E-state index contributed by atoms with van der Waals surface area (Å²) < 4.78 is 1.61. The smallest absolute Gasteiger partial charge is 0.309 e. The monoisotopic (exact) mass is 419 g/mol. The van der Waals surface area contributed by atoms with E-state index >= 15 is 0 Å². The molecule has 0 fully saturated rings. The summed E-state index contributed by atoms with van der Waals surface area (Å²) >= 11 is 4.47. The molecule has 0 aliphatic rings. The number of thiophene rings is 2. The van der Waals surface area contributed by atoms with Crippen LogP contribution in [0.3, 0.4) is 0 Å². The number of hydrogen-bond donors (Lipinski definition) is 2. The van der Waals surface area contributed by atoms with Crippen LogP contribution in [0.5, 0.6) is 0 Å². The van der Waals surface area contributed by atoms with Crippen LogP contribution >= 0.6 is 34.4 Å². The summed E-state index contributed by atoms with van der Waals surface area (Å²) in [5, 5.41) is 11.6. The summed E-state index contributed by atoms with van der Waals surface area (Å²) in [6, 6.07) is 3.97. The molecule has 1 atom stereocenters. The number of hydrogen-bond acceptors (Lipinski definition) is 7. The van der Waals surface area contributed by atoms with Gasteiger partial charge in [0.05, 0.1) is 10.6 Å². The molecule has 4 aromatic rings. The lowest BCUT2D eigenvalue weighted by atomic mass is 10.2. The zero-order valence-electron chi connectivity index (χ0n) is 14.7. The van der Waals surface area contributed by atoms with Crippen molar-refractivity contribution in [2.45, 2.75) is 37.2 Å². The Morgan fingerprint density at radius 3 is 2.93 bits per heavy atom. The summed E-state index contributed by atoms with van der Waals surface area (Å²) in [7, 11) is 0. The molecule has 1 unspecified atom stereocenters. The quantitative estimate of drug-likeness (QED) is 0.463. The van der Waals surface area contributed by atoms with Crippen LogP contribution < -0.4 is 11.2 Å². The zero-order valence-corrected chi connectivity index (χ0v) is 17.1. The summed E-state index contributed by atoms with van der Waals surface area (Å²) in [5.41, 5.74) is 0.567. The van der Waals surface area contributed by atoms with Crippen LogP contribution in [0, 0.1) is 0 Å². The van der Waals surface area contributed by atoms with E-state index in [2.05, 4.69) is 20.2 Å². The highest BCUT2D eigenvalue weighted by Crippen LogP contribution is 2.35. The van der Waals surface area contributed by atoms with Crippen LogP contribution in [0.1, 0.15) is 31.3 Å². The largest absolute Gasteiger partial charge is 0.343 e. The molecule has 0 aliphatic heterocycles. The molecule has 0 saturated heterocycles. The number of aromatic nitrogens is 5. The fraction of sp³-hybridized carbons (Fsp3) is 0.294. The van der Waals surface area contributed by atoms with Crippen molar-refractivity contribution in [3.8, 4) is 10.4 Å². The van der Waals surface area contributed by atoms with Crippen molar-refractivity contribution in [3.05, 3.63) is 49.6 Å². The highest BCUT2D eigenvalue weighted by Gasteiger charge is 2.19. The van der Waals surface area contributed by atoms with Crippen LogP contribution in [0.4, 0.5) is 0 Å². The van der Waals surface area contributed by atoms with E-state index in [-0.39, 0.29) is 16.5 Å². The molecule has 0 amide bonds. The lowest BCUT2D eigenvalue weighted by molar-refractivity contribution is 0.602. The first-order valence-corrected chi connectivity index (χ1v) is 11.1. The second-order valence-electron chi connectivity index (χ2n) is 5.98. The number of aromatic amines is 2. The zero-order chi connectivity index (χ0) is 19.0. The molecule has 0 radical (unpaired) electrons. The maximum Gasteiger partial charge on any atom is 0.343 e. The van der Waals surface area contributed by atoms with Crippen LogP contribution in [0.15, 0.2) is 37.6 Å². The van der Waals surface area contributed by atoms with Crippen molar-refractivity contribution in [2.75, 3.05) is 0 Å². The third-order valence-electron chi connectivity index (χ3n) is 4.09. The molecular weight excluding hydrogens is 402 g/mol. The van der Waals surface area contributed by atoms with E-state index in [1.165, 1.54) is 23.1 Å². The summed E-state index contributed by atoms with van der Waals surface area (Å²) in [5.74, 6) is 0.579. The van der Waals surface area contributed by atoms with Crippen molar-refractivity contribution in [2.24, 2.45) is 0 Å². The second-order valence-corrected chi connectivity index (χ2v) is 9.09. The Kier molecular flexibility index (Phi) is 5.02. The number of thioether (sulfide) groups is 1. The van der Waals surface area contributed by atoms with Gasteiger partial charge in [-0.2, -0.15) is 0 Å². The minimum Gasteiger partial charge on any atom is -0.309 e. The number of nitrogens with one attached hydrogen (secondary N) is 2. The summed E-state index contributed by atoms with van der Waals surface area (Å²) in [4.78, 5) is 34.0. The third kappa shape index (κ3) is 3.40. The molecule has 0 saturated carbocycles. The van der Waals surface area contributed by atoms with Gasteiger partial charge < -0.3 is 4.98 Å². The van der Waals surface area contributed by atoms with E-state index in [9.17, 15) is 9.59 Å². The van der Waals surface area contributed by atoms with Crippen molar-refractivity contribution < 1.29 is 0 Å². The summed E-state index contributed by atoms with van der Waals surface area (Å²) in [6.07, 6.45) is 0.836. The fourth-order valence-electron chi connectivity index (χ4n) is 2.80. The Balaban J connectivity index is 1.68. The summed E-state index contributed by atoms with van der Waals surface area (Å²) in [6.45, 7) is 4.55. The van der Waals surface area contributed by atoms with Crippen molar-refractivity contribution in [1.82, 2.24) is 24.7 Å². The van der Waals surface area contributed by atoms with Crippen LogP contribution in [-0.2, 0) is 6.54 Å². The van der Waals surface area contributed by atoms with Gasteiger partial charge in [-0.05, 0) is 24.8 Å². The van der Waals surface area contributed by atoms with E-state index < -0.39 is 0 Å². The highest BCUT2D eigenvalue weighted by molar-refractivity contribution is 7.99. The molecule has 0 bridgehead atoms. The Bertz CT molecular complexity index is 1190. The second kappa shape index (κ2) is 7.45.